The maximum atomic E-state index is 13.3. The van der Waals surface area contributed by atoms with E-state index in [1.165, 1.54) is 17.7 Å². The molecule has 3 heterocycles. The minimum absolute atomic E-state index is 0.0345. The Labute approximate surface area is 243 Å². The van der Waals surface area contributed by atoms with Crippen molar-refractivity contribution in [3.63, 3.8) is 0 Å². The third-order valence-corrected chi connectivity index (χ3v) is 8.12. The van der Waals surface area contributed by atoms with Gasteiger partial charge in [0.25, 0.3) is 0 Å². The van der Waals surface area contributed by atoms with Crippen molar-refractivity contribution in [3.05, 3.63) is 58.7 Å². The maximum absolute atomic E-state index is 13.3. The number of dihydropyridines is 1. The molecule has 0 radical (unpaired) electrons. The van der Waals surface area contributed by atoms with Crippen molar-refractivity contribution in [1.29, 1.82) is 0 Å². The lowest BCUT2D eigenvalue weighted by Crippen LogP contribution is -2.31. The summed E-state index contributed by atoms with van der Waals surface area (Å²) >= 11 is 0. The number of nitrogens with zero attached hydrogens (tertiary/aromatic N) is 5. The number of alkyl halides is 3. The van der Waals surface area contributed by atoms with Gasteiger partial charge in [0.2, 0.25) is 5.82 Å². The van der Waals surface area contributed by atoms with Gasteiger partial charge in [-0.3, -0.25) is 4.99 Å². The molecule has 2 N–H and O–H groups in total. The van der Waals surface area contributed by atoms with Crippen molar-refractivity contribution in [2.45, 2.75) is 85.0 Å². The van der Waals surface area contributed by atoms with Crippen LogP contribution in [0.4, 0.5) is 19.0 Å². The molecule has 3 aromatic rings. The smallest absolute Gasteiger partial charge is 0.416 e. The Hall–Kier alpha value is -3.76. The second-order valence-corrected chi connectivity index (χ2v) is 12.6. The summed E-state index contributed by atoms with van der Waals surface area (Å²) in [6.07, 6.45) is 3.66. The number of allylic oxidation sites excluding steroid dienone is 1. The van der Waals surface area contributed by atoms with Gasteiger partial charge in [0.1, 0.15) is 11.2 Å². The molecular formula is C31H37F3N6O2. The number of carboxylic acids is 1. The molecule has 0 bridgehead atoms. The monoisotopic (exact) mass is 582 g/mol. The minimum atomic E-state index is -4.44. The van der Waals surface area contributed by atoms with Crippen molar-refractivity contribution in [2.75, 3.05) is 11.9 Å². The van der Waals surface area contributed by atoms with E-state index in [4.69, 9.17) is 9.98 Å². The van der Waals surface area contributed by atoms with Crippen LogP contribution in [0.3, 0.4) is 0 Å². The molecule has 2 aliphatic rings. The quantitative estimate of drug-likeness (QED) is 0.278. The molecule has 1 aromatic carbocycles. The molecule has 0 unspecified atom stereocenters. The summed E-state index contributed by atoms with van der Waals surface area (Å²) < 4.78 is 41.6. The summed E-state index contributed by atoms with van der Waals surface area (Å²) in [5, 5.41) is 13.2. The van der Waals surface area contributed by atoms with Crippen LogP contribution in [0.5, 0.6) is 0 Å². The van der Waals surface area contributed by atoms with E-state index in [1.54, 1.807) is 0 Å². The summed E-state index contributed by atoms with van der Waals surface area (Å²) in [4.78, 5) is 30.1. The molecule has 0 amide bonds. The number of aliphatic imine (C=N–C) groups is 1. The minimum Gasteiger partial charge on any atom is -0.475 e. The van der Waals surface area contributed by atoms with Crippen molar-refractivity contribution in [3.8, 4) is 0 Å². The highest BCUT2D eigenvalue weighted by Gasteiger charge is 2.31. The van der Waals surface area contributed by atoms with Crippen LogP contribution in [0.25, 0.3) is 11.2 Å². The average molecular weight is 583 g/mol. The molecule has 11 heteroatoms. The summed E-state index contributed by atoms with van der Waals surface area (Å²) in [6.45, 7) is 9.42. The van der Waals surface area contributed by atoms with Gasteiger partial charge in [0.05, 0.1) is 5.56 Å². The van der Waals surface area contributed by atoms with E-state index in [9.17, 15) is 23.1 Å². The van der Waals surface area contributed by atoms with Gasteiger partial charge in [-0.05, 0) is 74.1 Å². The number of carboxylic acid groups (broad SMARTS) is 1. The summed E-state index contributed by atoms with van der Waals surface area (Å²) in [5.41, 5.74) is 2.66. The number of halogens is 3. The Morgan fingerprint density at radius 2 is 1.83 bits per heavy atom. The third-order valence-electron chi connectivity index (χ3n) is 8.12. The zero-order valence-corrected chi connectivity index (χ0v) is 24.4. The van der Waals surface area contributed by atoms with Gasteiger partial charge < -0.3 is 15.0 Å². The number of hydrogen-bond acceptors (Lipinski definition) is 6. The molecule has 8 nitrogen and oxygen atoms in total. The standard InChI is InChI=1S/C31H37F3N6O2/c1-18(21-6-5-7-21)36-25-24-26(38-27(37-25)29(41)42)39-28(23-16-19(13-15-35-23)12-14-30(2,3)4)40(24)17-20-8-10-22(11-9-20)31(32,33)34/h8-11,16,18,21H,5-7,12-15,17H2,1-4H3,(H,41,42)(H,36,37,38)/t18-/m1/s1. The molecule has 1 fully saturated rings. The predicted molar refractivity (Wildman–Crippen MR) is 156 cm³/mol. The maximum Gasteiger partial charge on any atom is 0.416 e. The van der Waals surface area contributed by atoms with Gasteiger partial charge in [-0.2, -0.15) is 13.2 Å². The predicted octanol–water partition coefficient (Wildman–Crippen LogP) is 7.14. The molecular weight excluding hydrogens is 545 g/mol. The van der Waals surface area contributed by atoms with Gasteiger partial charge in [0, 0.05) is 19.1 Å². The Morgan fingerprint density at radius 3 is 2.43 bits per heavy atom. The summed E-state index contributed by atoms with van der Waals surface area (Å²) in [6, 6.07) is 5.05. The first kappa shape index (κ1) is 29.7. The van der Waals surface area contributed by atoms with E-state index >= 15 is 0 Å². The lowest BCUT2D eigenvalue weighted by Gasteiger charge is -2.32. The van der Waals surface area contributed by atoms with E-state index in [2.05, 4.69) is 36.1 Å². The first-order valence-corrected chi connectivity index (χ1v) is 14.5. The number of anilines is 1. The highest BCUT2D eigenvalue weighted by Crippen LogP contribution is 2.34. The zero-order chi connectivity index (χ0) is 30.2. The van der Waals surface area contributed by atoms with Crippen LogP contribution in [-0.4, -0.2) is 48.9 Å². The first-order chi connectivity index (χ1) is 19.8. The summed E-state index contributed by atoms with van der Waals surface area (Å²) in [5.74, 6) is -0.382. The number of fused-ring (bicyclic) bond motifs is 1. The number of rotatable bonds is 9. The number of aromatic carboxylic acids is 1. The molecule has 1 saturated carbocycles. The van der Waals surface area contributed by atoms with Crippen LogP contribution < -0.4 is 5.32 Å². The van der Waals surface area contributed by atoms with E-state index in [0.29, 0.717) is 40.9 Å². The van der Waals surface area contributed by atoms with Gasteiger partial charge in [-0.25, -0.2) is 19.7 Å². The Bertz CT molecular complexity index is 1530. The normalized spacial score (nSPS) is 17.0. The van der Waals surface area contributed by atoms with Gasteiger partial charge in [0.15, 0.2) is 17.3 Å². The number of nitrogens with one attached hydrogen (secondary N) is 1. The lowest BCUT2D eigenvalue weighted by molar-refractivity contribution is -0.137. The molecule has 224 valence electrons. The molecule has 1 atom stereocenters. The van der Waals surface area contributed by atoms with E-state index in [1.807, 2.05) is 17.6 Å². The molecule has 5 rings (SSSR count). The lowest BCUT2D eigenvalue weighted by atomic mass is 9.80. The van der Waals surface area contributed by atoms with Crippen LogP contribution in [0, 0.1) is 11.3 Å². The number of aromatic nitrogens is 4. The summed E-state index contributed by atoms with van der Waals surface area (Å²) in [7, 11) is 0. The molecule has 0 spiro atoms. The molecule has 0 saturated heterocycles. The van der Waals surface area contributed by atoms with Gasteiger partial charge >= 0.3 is 12.1 Å². The van der Waals surface area contributed by atoms with Crippen LogP contribution in [-0.2, 0) is 12.7 Å². The van der Waals surface area contributed by atoms with E-state index < -0.39 is 17.7 Å². The third kappa shape index (κ3) is 6.65. The van der Waals surface area contributed by atoms with E-state index in [0.717, 1.165) is 50.7 Å². The molecule has 2 aromatic heterocycles. The largest absolute Gasteiger partial charge is 0.475 e. The van der Waals surface area contributed by atoms with E-state index in [-0.39, 0.29) is 29.5 Å². The Morgan fingerprint density at radius 1 is 1.12 bits per heavy atom. The van der Waals surface area contributed by atoms with Crippen LogP contribution in [0.15, 0.2) is 40.9 Å². The topological polar surface area (TPSA) is 105 Å². The van der Waals surface area contributed by atoms with Crippen molar-refractivity contribution in [2.24, 2.45) is 16.3 Å². The highest BCUT2D eigenvalue weighted by atomic mass is 19.4. The fourth-order valence-electron chi connectivity index (χ4n) is 5.34. The number of benzene rings is 1. The van der Waals surface area contributed by atoms with Gasteiger partial charge in [-0.15, -0.1) is 0 Å². The first-order valence-electron chi connectivity index (χ1n) is 14.5. The second kappa shape index (κ2) is 11.5. The number of imidazole rings is 1. The molecule has 1 aliphatic heterocycles. The fourth-order valence-corrected chi connectivity index (χ4v) is 5.34. The number of hydrogen-bond donors (Lipinski definition) is 2. The highest BCUT2D eigenvalue weighted by molar-refractivity contribution is 6.09. The van der Waals surface area contributed by atoms with Crippen molar-refractivity contribution < 1.29 is 23.1 Å². The van der Waals surface area contributed by atoms with Gasteiger partial charge in [-0.1, -0.05) is 44.9 Å². The molecule has 1 aliphatic carbocycles. The fraction of sp³-hybridized carbons (Fsp3) is 0.516. The van der Waals surface area contributed by atoms with Crippen molar-refractivity contribution >= 4 is 28.7 Å². The van der Waals surface area contributed by atoms with Crippen LogP contribution in [0.2, 0.25) is 0 Å². The Kier molecular flexibility index (Phi) is 8.13. The second-order valence-electron chi connectivity index (χ2n) is 12.6. The zero-order valence-electron chi connectivity index (χ0n) is 24.4. The SMILES string of the molecule is C[C@@H](Nc1nc(C(=O)O)nc2nc(C3=NCCC(CCC(C)(C)C)=C3)n(Cc3ccc(C(F)(F)F)cc3)c12)C1CCC1. The Balaban J connectivity index is 1.63. The van der Waals surface area contributed by atoms with Crippen LogP contribution >= 0.6 is 0 Å². The number of carbonyl (C=O) groups is 1. The van der Waals surface area contributed by atoms with Crippen LogP contribution in [0.1, 0.15) is 93.8 Å². The average Bonchev–Trinajstić information content (AvgIpc) is 3.24. The molecule has 42 heavy (non-hydrogen) atoms. The van der Waals surface area contributed by atoms with Crippen molar-refractivity contribution in [1.82, 2.24) is 19.5 Å².